The Morgan fingerprint density at radius 2 is 1.54 bits per heavy atom. The molecule has 0 atom stereocenters. The number of piperazine rings is 1. The molecule has 2 fully saturated rings. The van der Waals surface area contributed by atoms with Gasteiger partial charge in [-0.2, -0.15) is 0 Å². The second-order valence-electron chi connectivity index (χ2n) is 10.4. The summed E-state index contributed by atoms with van der Waals surface area (Å²) in [4.78, 5) is 21.2. The number of aryl methyl sites for hydroxylation is 1. The van der Waals surface area contributed by atoms with Crippen LogP contribution in [0.5, 0.6) is 0 Å². The number of aromatic nitrogens is 2. The predicted octanol–water partition coefficient (Wildman–Crippen LogP) is 5.30. The Kier molecular flexibility index (Phi) is 6.77. The second kappa shape index (κ2) is 10.5. The standard InChI is InChI=1S/C31H34N4O2/c36-30(37)16-15-29-32-27-21-23(11-14-28(27)35(29)26-12-13-26)22-33-17-19-34(20-18-33)31(24-7-3-1-4-8-24)25-9-5-2-6-10-25/h1-11,14,21,26,31H,12-13,15-20,22H2,(H,36,37). The molecule has 1 N–H and O–H groups in total. The zero-order valence-corrected chi connectivity index (χ0v) is 21.2. The van der Waals surface area contributed by atoms with Crippen LogP contribution in [0.15, 0.2) is 78.9 Å². The number of imidazole rings is 1. The molecule has 1 saturated carbocycles. The van der Waals surface area contributed by atoms with Crippen LogP contribution in [0.25, 0.3) is 11.0 Å². The Hall–Kier alpha value is -3.48. The van der Waals surface area contributed by atoms with Crippen molar-refractivity contribution >= 4 is 17.0 Å². The maximum Gasteiger partial charge on any atom is 0.303 e. The van der Waals surface area contributed by atoms with E-state index >= 15 is 0 Å². The molecule has 0 radical (unpaired) electrons. The highest BCUT2D eigenvalue weighted by Gasteiger charge is 2.29. The van der Waals surface area contributed by atoms with Crippen molar-refractivity contribution in [1.82, 2.24) is 19.4 Å². The fourth-order valence-corrected chi connectivity index (χ4v) is 5.75. The first-order valence-corrected chi connectivity index (χ1v) is 13.4. The molecule has 2 heterocycles. The third-order valence-corrected chi connectivity index (χ3v) is 7.71. The molecule has 3 aromatic carbocycles. The zero-order chi connectivity index (χ0) is 25.2. The number of carboxylic acids is 1. The number of carboxylic acid groups (broad SMARTS) is 1. The number of benzene rings is 3. The first-order chi connectivity index (χ1) is 18.2. The quantitative estimate of drug-likeness (QED) is 0.342. The summed E-state index contributed by atoms with van der Waals surface area (Å²) in [6.45, 7) is 4.99. The van der Waals surface area contributed by atoms with E-state index in [4.69, 9.17) is 10.1 Å². The summed E-state index contributed by atoms with van der Waals surface area (Å²) in [5, 5.41) is 9.16. The van der Waals surface area contributed by atoms with Crippen LogP contribution < -0.4 is 0 Å². The van der Waals surface area contributed by atoms with Gasteiger partial charge in [0.25, 0.3) is 0 Å². The minimum atomic E-state index is -0.768. The molecule has 0 bridgehead atoms. The molecule has 0 spiro atoms. The van der Waals surface area contributed by atoms with Gasteiger partial charge in [0.05, 0.1) is 23.5 Å². The molecule has 37 heavy (non-hydrogen) atoms. The van der Waals surface area contributed by atoms with E-state index in [1.165, 1.54) is 16.7 Å². The van der Waals surface area contributed by atoms with Gasteiger partial charge in [-0.15, -0.1) is 0 Å². The molecule has 6 nitrogen and oxygen atoms in total. The summed E-state index contributed by atoms with van der Waals surface area (Å²) in [6, 6.07) is 29.1. The van der Waals surface area contributed by atoms with Gasteiger partial charge in [-0.1, -0.05) is 66.7 Å². The van der Waals surface area contributed by atoms with Crippen molar-refractivity contribution < 1.29 is 9.90 Å². The van der Waals surface area contributed by atoms with E-state index in [1.807, 2.05) is 0 Å². The molecule has 0 unspecified atom stereocenters. The normalized spacial score (nSPS) is 17.0. The SMILES string of the molecule is O=C(O)CCc1nc2cc(CN3CCN(C(c4ccccc4)c4ccccc4)CC3)ccc2n1C1CC1. The number of rotatable bonds is 9. The third-order valence-electron chi connectivity index (χ3n) is 7.71. The maximum absolute atomic E-state index is 11.1. The smallest absolute Gasteiger partial charge is 0.303 e. The van der Waals surface area contributed by atoms with E-state index in [-0.39, 0.29) is 12.5 Å². The minimum Gasteiger partial charge on any atom is -0.481 e. The Morgan fingerprint density at radius 1 is 0.892 bits per heavy atom. The second-order valence-corrected chi connectivity index (χ2v) is 10.4. The van der Waals surface area contributed by atoms with E-state index in [9.17, 15) is 4.79 Å². The van der Waals surface area contributed by atoms with E-state index in [0.717, 1.165) is 62.4 Å². The Bertz CT molecular complexity index is 1320. The lowest BCUT2D eigenvalue weighted by atomic mass is 9.96. The molecule has 1 aliphatic heterocycles. The molecular formula is C31H34N4O2. The van der Waals surface area contributed by atoms with Gasteiger partial charge in [-0.05, 0) is 41.7 Å². The van der Waals surface area contributed by atoms with Crippen molar-refractivity contribution in [2.75, 3.05) is 26.2 Å². The first kappa shape index (κ1) is 23.9. The number of aliphatic carboxylic acids is 1. The lowest BCUT2D eigenvalue weighted by molar-refractivity contribution is -0.137. The van der Waals surface area contributed by atoms with Crippen LogP contribution in [0.1, 0.15) is 53.9 Å². The van der Waals surface area contributed by atoms with E-state index < -0.39 is 5.97 Å². The molecule has 6 heteroatoms. The number of hydrogen-bond donors (Lipinski definition) is 1. The van der Waals surface area contributed by atoms with Crippen molar-refractivity contribution in [3.63, 3.8) is 0 Å². The number of carbonyl (C=O) groups is 1. The topological polar surface area (TPSA) is 61.6 Å². The van der Waals surface area contributed by atoms with Crippen LogP contribution in [-0.2, 0) is 17.8 Å². The van der Waals surface area contributed by atoms with Crippen LogP contribution in [0.4, 0.5) is 0 Å². The largest absolute Gasteiger partial charge is 0.481 e. The highest BCUT2D eigenvalue weighted by atomic mass is 16.4. The first-order valence-electron chi connectivity index (χ1n) is 13.4. The Balaban J connectivity index is 1.15. The molecule has 190 valence electrons. The van der Waals surface area contributed by atoms with Gasteiger partial charge in [-0.3, -0.25) is 14.6 Å². The summed E-state index contributed by atoms with van der Waals surface area (Å²) in [7, 11) is 0. The lowest BCUT2D eigenvalue weighted by Crippen LogP contribution is -2.47. The van der Waals surface area contributed by atoms with Gasteiger partial charge >= 0.3 is 5.97 Å². The Morgan fingerprint density at radius 3 is 2.14 bits per heavy atom. The van der Waals surface area contributed by atoms with Crippen LogP contribution >= 0.6 is 0 Å². The fraction of sp³-hybridized carbons (Fsp3) is 0.355. The molecule has 0 amide bonds. The average molecular weight is 495 g/mol. The van der Waals surface area contributed by atoms with E-state index in [2.05, 4.69) is 93.2 Å². The van der Waals surface area contributed by atoms with E-state index in [1.54, 1.807) is 0 Å². The average Bonchev–Trinajstić information content (AvgIpc) is 3.70. The fourth-order valence-electron chi connectivity index (χ4n) is 5.75. The summed E-state index contributed by atoms with van der Waals surface area (Å²) < 4.78 is 2.29. The summed E-state index contributed by atoms with van der Waals surface area (Å²) in [5.74, 6) is 0.148. The van der Waals surface area contributed by atoms with Gasteiger partial charge < -0.3 is 9.67 Å². The summed E-state index contributed by atoms with van der Waals surface area (Å²) in [5.41, 5.74) is 6.10. The number of nitrogens with zero attached hydrogens (tertiary/aromatic N) is 4. The maximum atomic E-state index is 11.1. The van der Waals surface area contributed by atoms with Crippen LogP contribution in [0.2, 0.25) is 0 Å². The van der Waals surface area contributed by atoms with Crippen molar-refractivity contribution in [2.45, 2.75) is 44.3 Å². The summed E-state index contributed by atoms with van der Waals surface area (Å²) in [6.07, 6.45) is 2.93. The number of hydrogen-bond acceptors (Lipinski definition) is 4. The van der Waals surface area contributed by atoms with Crippen LogP contribution in [-0.4, -0.2) is 56.6 Å². The van der Waals surface area contributed by atoms with Crippen molar-refractivity contribution in [3.8, 4) is 0 Å². The van der Waals surface area contributed by atoms with Crippen molar-refractivity contribution in [2.24, 2.45) is 0 Å². The van der Waals surface area contributed by atoms with Gasteiger partial charge in [0, 0.05) is 45.2 Å². The molecular weight excluding hydrogens is 460 g/mol. The minimum absolute atomic E-state index is 0.125. The van der Waals surface area contributed by atoms with Gasteiger partial charge in [-0.25, -0.2) is 4.98 Å². The lowest BCUT2D eigenvalue weighted by Gasteiger charge is -2.39. The zero-order valence-electron chi connectivity index (χ0n) is 21.2. The van der Waals surface area contributed by atoms with Gasteiger partial charge in [0.15, 0.2) is 0 Å². The van der Waals surface area contributed by atoms with Crippen LogP contribution in [0, 0.1) is 0 Å². The van der Waals surface area contributed by atoms with E-state index in [0.29, 0.717) is 12.5 Å². The predicted molar refractivity (Wildman–Crippen MR) is 146 cm³/mol. The van der Waals surface area contributed by atoms with Gasteiger partial charge in [0.1, 0.15) is 5.82 Å². The molecule has 1 saturated heterocycles. The Labute approximate surface area is 218 Å². The molecule has 4 aromatic rings. The number of fused-ring (bicyclic) bond motifs is 1. The highest BCUT2D eigenvalue weighted by molar-refractivity contribution is 5.77. The molecule has 1 aromatic heterocycles. The molecule has 2 aliphatic rings. The molecule has 1 aliphatic carbocycles. The van der Waals surface area contributed by atoms with Crippen LogP contribution in [0.3, 0.4) is 0 Å². The molecule has 6 rings (SSSR count). The highest BCUT2D eigenvalue weighted by Crippen LogP contribution is 2.39. The van der Waals surface area contributed by atoms with Gasteiger partial charge in [0.2, 0.25) is 0 Å². The van der Waals surface area contributed by atoms with Crippen molar-refractivity contribution in [1.29, 1.82) is 0 Å². The summed E-state index contributed by atoms with van der Waals surface area (Å²) >= 11 is 0. The third kappa shape index (κ3) is 5.31. The monoisotopic (exact) mass is 494 g/mol. The van der Waals surface area contributed by atoms with Crippen molar-refractivity contribution in [3.05, 3.63) is 101 Å².